The van der Waals surface area contributed by atoms with Crippen LogP contribution >= 0.6 is 0 Å². The minimum Gasteiger partial charge on any atom is -0.465 e. The molecular weight excluding hydrogens is 386 g/mol. The Labute approximate surface area is 175 Å². The molecule has 0 aromatic carbocycles. The predicted molar refractivity (Wildman–Crippen MR) is 105 cm³/mol. The molecule has 5 saturated carbocycles. The van der Waals surface area contributed by atoms with Crippen molar-refractivity contribution in [3.8, 4) is 0 Å². The highest BCUT2D eigenvalue weighted by atomic mass is 16.5. The van der Waals surface area contributed by atoms with E-state index in [0.29, 0.717) is 25.0 Å². The van der Waals surface area contributed by atoms with Gasteiger partial charge in [-0.15, -0.1) is 0 Å². The van der Waals surface area contributed by atoms with Crippen molar-refractivity contribution in [2.75, 3.05) is 13.2 Å². The van der Waals surface area contributed by atoms with Gasteiger partial charge in [0.15, 0.2) is 5.78 Å². The number of cyclic esters (lactones) is 1. The second kappa shape index (κ2) is 6.33. The van der Waals surface area contributed by atoms with E-state index < -0.39 is 29.4 Å². The maximum atomic E-state index is 13.6. The first kappa shape index (κ1) is 19.6. The Morgan fingerprint density at radius 2 is 2.07 bits per heavy atom. The van der Waals surface area contributed by atoms with Crippen LogP contribution in [0.15, 0.2) is 17.3 Å². The highest BCUT2D eigenvalue weighted by Gasteiger charge is 2.76. The van der Waals surface area contributed by atoms with Gasteiger partial charge in [0, 0.05) is 10.3 Å². The van der Waals surface area contributed by atoms with Crippen LogP contribution in [0.4, 0.5) is 0 Å². The lowest BCUT2D eigenvalue weighted by molar-refractivity contribution is -0.257. The summed E-state index contributed by atoms with van der Waals surface area (Å²) in [7, 11) is 0. The number of carbonyl (C=O) groups excluding carboxylic acids is 3. The first-order valence-corrected chi connectivity index (χ1v) is 10.9. The molecule has 7 atom stereocenters. The van der Waals surface area contributed by atoms with Gasteiger partial charge in [0.2, 0.25) is 0 Å². The van der Waals surface area contributed by atoms with Crippen molar-refractivity contribution in [3.63, 3.8) is 0 Å². The van der Waals surface area contributed by atoms with Crippen molar-refractivity contribution in [3.05, 3.63) is 22.6 Å². The first-order chi connectivity index (χ1) is 14.3. The van der Waals surface area contributed by atoms with Crippen molar-refractivity contribution in [2.24, 2.45) is 39.1 Å². The molecule has 8 heteroatoms. The molecule has 1 spiro atoms. The van der Waals surface area contributed by atoms with Gasteiger partial charge in [0.05, 0.1) is 17.4 Å². The standard InChI is InChI=1S/C22H27N3O5/c1-12-13-4-7-22(18(12)27)15(8-13)21-6-3-5-20(2,11-29-19(21)28)14(21)9-16(22)30-17(26)10-24-25-23/h13-16H,1,3-11H2,2H3/t13-,14?,15?,16+,20-,21-,22?/m0/s1. The fourth-order valence-electron chi connectivity index (χ4n) is 7.93. The number of ether oxygens (including phenoxy) is 2. The van der Waals surface area contributed by atoms with Gasteiger partial charge in [-0.05, 0) is 67.4 Å². The molecule has 30 heavy (non-hydrogen) atoms. The molecule has 1 saturated heterocycles. The molecule has 0 amide bonds. The molecule has 0 aromatic rings. The van der Waals surface area contributed by atoms with Gasteiger partial charge in [-0.3, -0.25) is 14.4 Å². The Morgan fingerprint density at radius 1 is 1.27 bits per heavy atom. The number of hydrogen-bond donors (Lipinski definition) is 0. The van der Waals surface area contributed by atoms with Crippen molar-refractivity contribution >= 4 is 17.7 Å². The van der Waals surface area contributed by atoms with E-state index in [-0.39, 0.29) is 34.9 Å². The van der Waals surface area contributed by atoms with Gasteiger partial charge < -0.3 is 9.47 Å². The van der Waals surface area contributed by atoms with Crippen molar-refractivity contribution < 1.29 is 23.9 Å². The van der Waals surface area contributed by atoms with Gasteiger partial charge >= 0.3 is 11.9 Å². The molecule has 4 bridgehead atoms. The minimum atomic E-state index is -0.928. The number of rotatable bonds is 3. The number of hydrogen-bond acceptors (Lipinski definition) is 6. The number of carbonyl (C=O) groups is 3. The summed E-state index contributed by atoms with van der Waals surface area (Å²) in [6.45, 7) is 6.21. The highest BCUT2D eigenvalue weighted by Crippen LogP contribution is 2.73. The molecule has 160 valence electrons. The zero-order valence-electron chi connectivity index (χ0n) is 17.3. The van der Waals surface area contributed by atoms with Gasteiger partial charge in [0.25, 0.3) is 0 Å². The Bertz CT molecular complexity index is 910. The Morgan fingerprint density at radius 3 is 2.83 bits per heavy atom. The number of esters is 2. The van der Waals surface area contributed by atoms with Crippen molar-refractivity contribution in [1.82, 2.24) is 0 Å². The SMILES string of the molecule is C=C1C(=O)C23CC[C@H]1CC2[C@@]12CCC[C@@](C)(COC1=O)C2C[C@H]3OC(=O)CN=[N+]=[N-]. The van der Waals surface area contributed by atoms with E-state index in [0.717, 1.165) is 32.1 Å². The van der Waals surface area contributed by atoms with Crippen LogP contribution in [0.25, 0.3) is 10.4 Å². The topological polar surface area (TPSA) is 118 Å². The van der Waals surface area contributed by atoms with Crippen LogP contribution in [0.5, 0.6) is 0 Å². The number of ketones is 1. The molecule has 8 nitrogen and oxygen atoms in total. The number of fused-ring (bicyclic) bond motifs is 2. The summed E-state index contributed by atoms with van der Waals surface area (Å²) in [4.78, 5) is 42.1. The Balaban J connectivity index is 1.64. The third-order valence-electron chi connectivity index (χ3n) is 9.15. The van der Waals surface area contributed by atoms with Crippen molar-refractivity contribution in [1.29, 1.82) is 0 Å². The molecule has 6 fully saturated rings. The number of Topliss-reactive ketones (excluding diaryl/α,β-unsaturated/α-hetero) is 1. The van der Waals surface area contributed by atoms with Crippen LogP contribution in [0.2, 0.25) is 0 Å². The largest absolute Gasteiger partial charge is 0.465 e. The summed E-state index contributed by atoms with van der Waals surface area (Å²) in [6, 6.07) is 0. The lowest BCUT2D eigenvalue weighted by Crippen LogP contribution is -2.73. The Hall–Kier alpha value is -2.34. The van der Waals surface area contributed by atoms with Crippen molar-refractivity contribution in [2.45, 2.75) is 58.0 Å². The zero-order chi connectivity index (χ0) is 21.3. The Kier molecular flexibility index (Phi) is 4.14. The van der Waals surface area contributed by atoms with E-state index in [1.54, 1.807) is 0 Å². The smallest absolute Gasteiger partial charge is 0.312 e. The lowest BCUT2D eigenvalue weighted by atomic mass is 9.35. The van der Waals surface area contributed by atoms with Crippen LogP contribution in [0, 0.1) is 34.0 Å². The van der Waals surface area contributed by atoms with Crippen LogP contribution < -0.4 is 0 Å². The van der Waals surface area contributed by atoms with E-state index >= 15 is 0 Å². The van der Waals surface area contributed by atoms with Gasteiger partial charge in [-0.1, -0.05) is 25.0 Å². The van der Waals surface area contributed by atoms with Gasteiger partial charge in [-0.2, -0.15) is 0 Å². The maximum Gasteiger partial charge on any atom is 0.312 e. The summed E-state index contributed by atoms with van der Waals surface area (Å²) < 4.78 is 11.6. The molecule has 6 rings (SSSR count). The summed E-state index contributed by atoms with van der Waals surface area (Å²) in [6.07, 6.45) is 4.59. The quantitative estimate of drug-likeness (QED) is 0.231. The number of allylic oxidation sites excluding steroid dienone is 1. The molecule has 0 N–H and O–H groups in total. The average molecular weight is 413 g/mol. The normalized spacial score (nSPS) is 46.2. The molecule has 6 aliphatic rings. The molecule has 1 heterocycles. The van der Waals surface area contributed by atoms with E-state index in [4.69, 9.17) is 15.0 Å². The van der Waals surface area contributed by atoms with E-state index in [1.807, 2.05) is 0 Å². The summed E-state index contributed by atoms with van der Waals surface area (Å²) in [5.74, 6) is -0.950. The maximum absolute atomic E-state index is 13.6. The highest BCUT2D eigenvalue weighted by molar-refractivity contribution is 6.03. The molecular formula is C22H27N3O5. The molecule has 0 aromatic heterocycles. The fourth-order valence-corrected chi connectivity index (χ4v) is 7.93. The first-order valence-electron chi connectivity index (χ1n) is 10.9. The fraction of sp³-hybridized carbons (Fsp3) is 0.773. The predicted octanol–water partition coefficient (Wildman–Crippen LogP) is 3.50. The zero-order valence-corrected chi connectivity index (χ0v) is 17.3. The van der Waals surface area contributed by atoms with E-state index in [1.165, 1.54) is 0 Å². The second-order valence-electron chi connectivity index (χ2n) is 10.2. The third-order valence-corrected chi connectivity index (χ3v) is 9.15. The van der Waals surface area contributed by atoms with E-state index in [2.05, 4.69) is 23.5 Å². The van der Waals surface area contributed by atoms with Crippen LogP contribution in [-0.4, -0.2) is 37.0 Å². The summed E-state index contributed by atoms with van der Waals surface area (Å²) >= 11 is 0. The number of nitrogens with zero attached hydrogens (tertiary/aromatic N) is 3. The molecule has 1 aliphatic heterocycles. The average Bonchev–Trinajstić information content (AvgIpc) is 2.73. The van der Waals surface area contributed by atoms with Gasteiger partial charge in [-0.25, -0.2) is 0 Å². The van der Waals surface area contributed by atoms with Crippen LogP contribution in [0.3, 0.4) is 0 Å². The second-order valence-corrected chi connectivity index (χ2v) is 10.2. The van der Waals surface area contributed by atoms with Crippen LogP contribution in [0.1, 0.15) is 51.9 Å². The van der Waals surface area contributed by atoms with Crippen LogP contribution in [-0.2, 0) is 23.9 Å². The third kappa shape index (κ3) is 2.23. The van der Waals surface area contributed by atoms with E-state index in [9.17, 15) is 14.4 Å². The molecule has 5 aliphatic carbocycles. The number of azide groups is 1. The summed E-state index contributed by atoms with van der Waals surface area (Å²) in [5, 5.41) is 3.33. The molecule has 0 radical (unpaired) electrons. The minimum absolute atomic E-state index is 0.00769. The van der Waals surface area contributed by atoms with Gasteiger partial charge in [0.1, 0.15) is 12.6 Å². The monoisotopic (exact) mass is 413 g/mol. The lowest BCUT2D eigenvalue weighted by Gasteiger charge is -2.69. The summed E-state index contributed by atoms with van der Waals surface area (Å²) in [5.41, 5.74) is 7.36. The molecule has 3 unspecified atom stereocenters.